The van der Waals surface area contributed by atoms with Gasteiger partial charge < -0.3 is 29.1 Å². The first-order valence-electron chi connectivity index (χ1n) is 10.6. The molecular weight excluding hydrogens is 439 g/mol. The normalized spacial score (nSPS) is 18.2. The highest BCUT2D eigenvalue weighted by Crippen LogP contribution is 2.23. The lowest BCUT2D eigenvalue weighted by atomic mass is 10.1. The second kappa shape index (κ2) is 12.9. The number of carboxylic acid groups (broad SMARTS) is 1. The number of carboxylic acids is 1. The maximum Gasteiger partial charge on any atom is 0.347 e. The molecule has 2 atom stereocenters. The summed E-state index contributed by atoms with van der Waals surface area (Å²) in [6.07, 6.45) is 3.04. The second-order valence-electron chi connectivity index (χ2n) is 7.48. The lowest BCUT2D eigenvalue weighted by molar-refractivity contribution is -0.172. The molecule has 1 aliphatic carbocycles. The molecule has 11 heteroatoms. The Morgan fingerprint density at radius 1 is 1.30 bits per heavy atom. The zero-order valence-corrected chi connectivity index (χ0v) is 18.7. The molecule has 0 aromatic rings. The van der Waals surface area contributed by atoms with Gasteiger partial charge in [0.25, 0.3) is 5.91 Å². The molecule has 0 aromatic carbocycles. The lowest BCUT2D eigenvalue weighted by Crippen LogP contribution is -2.41. The fraction of sp³-hybridized carbons (Fsp3) is 0.545. The average Bonchev–Trinajstić information content (AvgIpc) is 2.98. The quantitative estimate of drug-likeness (QED) is 0.273. The number of aliphatic carboxylic acids is 1. The third-order valence-corrected chi connectivity index (χ3v) is 5.05. The molecule has 2 aliphatic rings. The fourth-order valence-electron chi connectivity index (χ4n) is 3.33. The first-order valence-corrected chi connectivity index (χ1v) is 10.6. The Morgan fingerprint density at radius 2 is 2.00 bits per heavy atom. The largest absolute Gasteiger partial charge is 0.478 e. The number of morpholine rings is 1. The Bertz CT molecular complexity index is 832. The summed E-state index contributed by atoms with van der Waals surface area (Å²) in [7, 11) is 0. The summed E-state index contributed by atoms with van der Waals surface area (Å²) in [4.78, 5) is 49.6. The van der Waals surface area contributed by atoms with Crippen LogP contribution < -0.4 is 0 Å². The topological polar surface area (TPSA) is 123 Å². The predicted molar refractivity (Wildman–Crippen MR) is 113 cm³/mol. The molecule has 2 rings (SSSR count). The van der Waals surface area contributed by atoms with Crippen LogP contribution in [0.3, 0.4) is 0 Å². The standard InChI is InChI=1S/C22H29FN2O8/c1-15(20(22(29)30)33-16(2)27)32-10-4-7-25(14-26)17-5-3-6-19(23)18(13-17)21(28)24-8-11-31-12-9-24/h5-6,13-15,20H,3-4,7-12H2,1-2H3,(H,29,30). The minimum atomic E-state index is -1.44. The number of hydrogen-bond acceptors (Lipinski definition) is 7. The van der Waals surface area contributed by atoms with Crippen LogP contribution in [-0.2, 0) is 33.4 Å². The molecule has 2 amide bonds. The summed E-state index contributed by atoms with van der Waals surface area (Å²) in [5, 5.41) is 9.16. The highest BCUT2D eigenvalue weighted by atomic mass is 19.1. The van der Waals surface area contributed by atoms with Crippen LogP contribution in [-0.4, -0.2) is 90.8 Å². The number of carbonyl (C=O) groups is 4. The molecule has 1 fully saturated rings. The molecule has 0 spiro atoms. The van der Waals surface area contributed by atoms with Crippen LogP contribution in [0.5, 0.6) is 0 Å². The van der Waals surface area contributed by atoms with Crippen molar-refractivity contribution in [3.8, 4) is 0 Å². The van der Waals surface area contributed by atoms with Gasteiger partial charge in [-0.1, -0.05) is 6.08 Å². The average molecular weight is 468 g/mol. The molecule has 2 unspecified atom stereocenters. The number of ether oxygens (including phenoxy) is 3. The molecule has 1 N–H and O–H groups in total. The zero-order valence-electron chi connectivity index (χ0n) is 18.7. The van der Waals surface area contributed by atoms with E-state index in [1.54, 1.807) is 6.08 Å². The van der Waals surface area contributed by atoms with Gasteiger partial charge in [-0.25, -0.2) is 9.18 Å². The number of hydrogen-bond donors (Lipinski definition) is 1. The number of halogens is 1. The molecule has 1 heterocycles. The van der Waals surface area contributed by atoms with E-state index in [1.807, 2.05) is 0 Å². The van der Waals surface area contributed by atoms with Gasteiger partial charge in [0.2, 0.25) is 12.5 Å². The van der Waals surface area contributed by atoms with E-state index in [0.717, 1.165) is 6.92 Å². The second-order valence-corrected chi connectivity index (χ2v) is 7.48. The van der Waals surface area contributed by atoms with Crippen molar-refractivity contribution in [1.82, 2.24) is 9.80 Å². The SMILES string of the molecule is CC(=O)OC(C(=O)O)C(C)OCCCN(C=O)C1=CCC=C(F)C(C(=O)N2CCOCC2)=C1. The third-order valence-electron chi connectivity index (χ3n) is 5.05. The van der Waals surface area contributed by atoms with Gasteiger partial charge in [0, 0.05) is 38.9 Å². The van der Waals surface area contributed by atoms with Crippen molar-refractivity contribution >= 4 is 24.3 Å². The van der Waals surface area contributed by atoms with Crippen LogP contribution in [0.4, 0.5) is 4.39 Å². The van der Waals surface area contributed by atoms with Crippen molar-refractivity contribution in [3.05, 3.63) is 35.3 Å². The molecule has 0 saturated carbocycles. The Morgan fingerprint density at radius 3 is 2.61 bits per heavy atom. The predicted octanol–water partition coefficient (Wildman–Crippen LogP) is 1.18. The number of allylic oxidation sites excluding steroid dienone is 3. The van der Waals surface area contributed by atoms with E-state index in [0.29, 0.717) is 44.8 Å². The van der Waals surface area contributed by atoms with E-state index in [4.69, 9.17) is 19.3 Å². The summed E-state index contributed by atoms with van der Waals surface area (Å²) in [6, 6.07) is 0. The van der Waals surface area contributed by atoms with Crippen LogP contribution in [0.25, 0.3) is 0 Å². The van der Waals surface area contributed by atoms with Crippen molar-refractivity contribution in [1.29, 1.82) is 0 Å². The summed E-state index contributed by atoms with van der Waals surface area (Å²) in [6.45, 7) is 4.32. The molecule has 1 aliphatic heterocycles. The van der Waals surface area contributed by atoms with Gasteiger partial charge >= 0.3 is 11.9 Å². The lowest BCUT2D eigenvalue weighted by Gasteiger charge is -2.27. The van der Waals surface area contributed by atoms with E-state index >= 15 is 0 Å². The Labute approximate surface area is 191 Å². The van der Waals surface area contributed by atoms with Crippen molar-refractivity contribution < 1.29 is 42.9 Å². The van der Waals surface area contributed by atoms with Crippen LogP contribution in [0.1, 0.15) is 26.7 Å². The van der Waals surface area contributed by atoms with Gasteiger partial charge in [0.1, 0.15) is 11.9 Å². The van der Waals surface area contributed by atoms with E-state index in [1.165, 1.54) is 28.9 Å². The van der Waals surface area contributed by atoms with Gasteiger partial charge in [0.05, 0.1) is 18.8 Å². The molecule has 0 aromatic heterocycles. The first kappa shape index (κ1) is 26.2. The number of nitrogens with zero attached hydrogens (tertiary/aromatic N) is 2. The van der Waals surface area contributed by atoms with Gasteiger partial charge in [-0.15, -0.1) is 0 Å². The summed E-state index contributed by atoms with van der Waals surface area (Å²) < 4.78 is 30.0. The highest BCUT2D eigenvalue weighted by Gasteiger charge is 2.29. The van der Waals surface area contributed by atoms with Crippen LogP contribution >= 0.6 is 0 Å². The number of esters is 1. The molecule has 0 bridgehead atoms. The fourth-order valence-corrected chi connectivity index (χ4v) is 3.33. The van der Waals surface area contributed by atoms with Crippen LogP contribution in [0, 0.1) is 0 Å². The highest BCUT2D eigenvalue weighted by molar-refractivity contribution is 5.98. The van der Waals surface area contributed by atoms with Crippen molar-refractivity contribution in [2.75, 3.05) is 39.5 Å². The zero-order chi connectivity index (χ0) is 24.4. The maximum absolute atomic E-state index is 14.6. The molecule has 1 saturated heterocycles. The van der Waals surface area contributed by atoms with E-state index in [-0.39, 0.29) is 25.1 Å². The third kappa shape index (κ3) is 7.79. The van der Waals surface area contributed by atoms with E-state index in [2.05, 4.69) is 0 Å². The van der Waals surface area contributed by atoms with Gasteiger partial charge in [0.15, 0.2) is 0 Å². The van der Waals surface area contributed by atoms with Crippen molar-refractivity contribution in [3.63, 3.8) is 0 Å². The molecule has 33 heavy (non-hydrogen) atoms. The minimum Gasteiger partial charge on any atom is -0.478 e. The first-order chi connectivity index (χ1) is 15.7. The monoisotopic (exact) mass is 468 g/mol. The molecular formula is C22H29FN2O8. The molecule has 10 nitrogen and oxygen atoms in total. The maximum atomic E-state index is 14.6. The van der Waals surface area contributed by atoms with E-state index < -0.39 is 35.9 Å². The van der Waals surface area contributed by atoms with Gasteiger partial charge in [-0.3, -0.25) is 14.4 Å². The van der Waals surface area contributed by atoms with E-state index in [9.17, 15) is 23.6 Å². The number of rotatable bonds is 11. The Kier molecular flexibility index (Phi) is 10.2. The number of amides is 2. The van der Waals surface area contributed by atoms with Crippen LogP contribution in [0.15, 0.2) is 35.3 Å². The molecule has 0 radical (unpaired) electrons. The Hall–Kier alpha value is -3.05. The summed E-state index contributed by atoms with van der Waals surface area (Å²) >= 11 is 0. The van der Waals surface area contributed by atoms with Gasteiger partial charge in [-0.05, 0) is 31.9 Å². The van der Waals surface area contributed by atoms with Crippen molar-refractivity contribution in [2.24, 2.45) is 0 Å². The minimum absolute atomic E-state index is 0.0831. The smallest absolute Gasteiger partial charge is 0.347 e. The number of carbonyl (C=O) groups excluding carboxylic acids is 3. The van der Waals surface area contributed by atoms with Crippen molar-refractivity contribution in [2.45, 2.75) is 38.9 Å². The van der Waals surface area contributed by atoms with Gasteiger partial charge in [-0.2, -0.15) is 0 Å². The molecule has 182 valence electrons. The summed E-state index contributed by atoms with van der Waals surface area (Å²) in [5.74, 6) is -3.17. The summed E-state index contributed by atoms with van der Waals surface area (Å²) in [5.41, 5.74) is 0.255. The Balaban J connectivity index is 1.98. The van der Waals surface area contributed by atoms with Crippen LogP contribution in [0.2, 0.25) is 0 Å².